The van der Waals surface area contributed by atoms with E-state index in [4.69, 9.17) is 0 Å². The summed E-state index contributed by atoms with van der Waals surface area (Å²) >= 11 is 5.22. The number of alkyl halides is 1. The lowest BCUT2D eigenvalue weighted by atomic mass is 10.1. The van der Waals surface area contributed by atoms with Crippen LogP contribution < -0.4 is 5.32 Å². The zero-order chi connectivity index (χ0) is 14.7. The highest BCUT2D eigenvalue weighted by atomic mass is 79.9. The number of hydrogen-bond acceptors (Lipinski definition) is 2. The van der Waals surface area contributed by atoms with E-state index in [9.17, 15) is 4.79 Å². The standard InChI is InChI=1S/C17H14BrNOS/c18-15(12-6-2-1-3-7-12)10-19-17(20)14-11-21-16-9-5-4-8-13(14)16/h1-9,11,15H,10H2,(H,19,20). The molecule has 1 unspecified atom stereocenters. The molecule has 2 aromatic carbocycles. The highest BCUT2D eigenvalue weighted by molar-refractivity contribution is 9.09. The fourth-order valence-electron chi connectivity index (χ4n) is 2.21. The number of benzene rings is 2. The number of thiophene rings is 1. The minimum Gasteiger partial charge on any atom is -0.351 e. The summed E-state index contributed by atoms with van der Waals surface area (Å²) in [6, 6.07) is 18.1. The van der Waals surface area contributed by atoms with Gasteiger partial charge in [0.25, 0.3) is 5.91 Å². The van der Waals surface area contributed by atoms with Gasteiger partial charge in [-0.3, -0.25) is 4.79 Å². The lowest BCUT2D eigenvalue weighted by Crippen LogP contribution is -2.26. The van der Waals surface area contributed by atoms with Crippen molar-refractivity contribution in [2.24, 2.45) is 0 Å². The molecule has 4 heteroatoms. The smallest absolute Gasteiger partial charge is 0.252 e. The van der Waals surface area contributed by atoms with Crippen LogP contribution >= 0.6 is 27.3 Å². The Kier molecular flexibility index (Phi) is 4.36. The molecule has 1 heterocycles. The quantitative estimate of drug-likeness (QED) is 0.668. The zero-order valence-corrected chi connectivity index (χ0v) is 13.7. The zero-order valence-electron chi connectivity index (χ0n) is 11.3. The number of halogens is 1. The van der Waals surface area contributed by atoms with Gasteiger partial charge in [-0.15, -0.1) is 11.3 Å². The predicted octanol–water partition coefficient (Wildman–Crippen LogP) is 4.77. The van der Waals surface area contributed by atoms with E-state index in [2.05, 4.69) is 21.2 Å². The van der Waals surface area contributed by atoms with Crippen molar-refractivity contribution in [1.29, 1.82) is 0 Å². The molecule has 0 aliphatic heterocycles. The third-order valence-corrected chi connectivity index (χ3v) is 5.14. The lowest BCUT2D eigenvalue weighted by Gasteiger charge is -2.11. The topological polar surface area (TPSA) is 29.1 Å². The molecule has 0 radical (unpaired) electrons. The number of carbonyl (C=O) groups excluding carboxylic acids is 1. The summed E-state index contributed by atoms with van der Waals surface area (Å²) in [4.78, 5) is 12.4. The van der Waals surface area contributed by atoms with Crippen LogP contribution in [-0.2, 0) is 0 Å². The van der Waals surface area contributed by atoms with Crippen molar-refractivity contribution in [3.8, 4) is 0 Å². The first-order chi connectivity index (χ1) is 10.3. The second-order valence-electron chi connectivity index (χ2n) is 4.73. The number of carbonyl (C=O) groups is 1. The van der Waals surface area contributed by atoms with Crippen LogP contribution in [0.25, 0.3) is 10.1 Å². The average molecular weight is 360 g/mol. The monoisotopic (exact) mass is 359 g/mol. The first-order valence-corrected chi connectivity index (χ1v) is 8.48. The van der Waals surface area contributed by atoms with E-state index >= 15 is 0 Å². The van der Waals surface area contributed by atoms with Crippen molar-refractivity contribution in [3.05, 3.63) is 71.1 Å². The van der Waals surface area contributed by atoms with E-state index < -0.39 is 0 Å². The van der Waals surface area contributed by atoms with E-state index in [1.165, 1.54) is 0 Å². The van der Waals surface area contributed by atoms with Crippen molar-refractivity contribution >= 4 is 43.3 Å². The molecular formula is C17H14BrNOS. The third-order valence-electron chi connectivity index (χ3n) is 3.33. The molecule has 0 spiro atoms. The van der Waals surface area contributed by atoms with Gasteiger partial charge >= 0.3 is 0 Å². The van der Waals surface area contributed by atoms with E-state index in [1.807, 2.05) is 60.0 Å². The van der Waals surface area contributed by atoms with E-state index in [-0.39, 0.29) is 10.7 Å². The second kappa shape index (κ2) is 6.41. The fourth-order valence-corrected chi connectivity index (χ4v) is 3.62. The average Bonchev–Trinajstić information content (AvgIpc) is 2.97. The van der Waals surface area contributed by atoms with Crippen LogP contribution in [-0.4, -0.2) is 12.5 Å². The Morgan fingerprint density at radius 2 is 1.81 bits per heavy atom. The van der Waals surface area contributed by atoms with Gasteiger partial charge < -0.3 is 5.32 Å². The maximum Gasteiger partial charge on any atom is 0.252 e. The summed E-state index contributed by atoms with van der Waals surface area (Å²) in [5.41, 5.74) is 1.91. The van der Waals surface area contributed by atoms with Crippen molar-refractivity contribution in [1.82, 2.24) is 5.32 Å². The number of nitrogens with one attached hydrogen (secondary N) is 1. The first-order valence-electron chi connectivity index (χ1n) is 6.69. The van der Waals surface area contributed by atoms with Crippen LogP contribution in [0.3, 0.4) is 0 Å². The molecule has 0 fully saturated rings. The molecule has 0 aliphatic carbocycles. The van der Waals surface area contributed by atoms with Gasteiger partial charge in [0, 0.05) is 22.0 Å². The van der Waals surface area contributed by atoms with Crippen molar-refractivity contribution in [2.45, 2.75) is 4.83 Å². The van der Waals surface area contributed by atoms with Crippen molar-refractivity contribution < 1.29 is 4.79 Å². The molecule has 106 valence electrons. The third kappa shape index (κ3) is 3.17. The molecule has 0 aliphatic rings. The van der Waals surface area contributed by atoms with Crippen LogP contribution in [0.15, 0.2) is 60.0 Å². The molecule has 3 aromatic rings. The van der Waals surface area contributed by atoms with Gasteiger partial charge in [-0.2, -0.15) is 0 Å². The van der Waals surface area contributed by atoms with Gasteiger partial charge in [-0.1, -0.05) is 64.5 Å². The Balaban J connectivity index is 1.70. The highest BCUT2D eigenvalue weighted by Crippen LogP contribution is 2.26. The SMILES string of the molecule is O=C(NCC(Br)c1ccccc1)c1csc2ccccc12. The molecule has 0 saturated heterocycles. The molecule has 1 amide bonds. The number of hydrogen-bond donors (Lipinski definition) is 1. The Morgan fingerprint density at radius 3 is 2.62 bits per heavy atom. The Labute approximate surface area is 135 Å². The number of fused-ring (bicyclic) bond motifs is 1. The lowest BCUT2D eigenvalue weighted by molar-refractivity contribution is 0.0956. The molecule has 3 rings (SSSR count). The van der Waals surface area contributed by atoms with Crippen molar-refractivity contribution in [2.75, 3.05) is 6.54 Å². The van der Waals surface area contributed by atoms with Crippen molar-refractivity contribution in [3.63, 3.8) is 0 Å². The summed E-state index contributed by atoms with van der Waals surface area (Å²) in [7, 11) is 0. The second-order valence-corrected chi connectivity index (χ2v) is 6.75. The highest BCUT2D eigenvalue weighted by Gasteiger charge is 2.13. The number of rotatable bonds is 4. The van der Waals surface area contributed by atoms with Gasteiger partial charge in [0.15, 0.2) is 0 Å². The fraction of sp³-hybridized carbons (Fsp3) is 0.118. The van der Waals surface area contributed by atoms with E-state index in [1.54, 1.807) is 11.3 Å². The minimum atomic E-state index is -0.0205. The van der Waals surface area contributed by atoms with Crippen LogP contribution in [0.5, 0.6) is 0 Å². The maximum atomic E-state index is 12.3. The molecule has 1 N–H and O–H groups in total. The molecule has 1 atom stereocenters. The summed E-state index contributed by atoms with van der Waals surface area (Å²) < 4.78 is 1.14. The van der Waals surface area contributed by atoms with E-state index in [0.717, 1.165) is 21.2 Å². The molecule has 1 aromatic heterocycles. The normalized spacial score (nSPS) is 12.2. The molecule has 2 nitrogen and oxygen atoms in total. The molecular weight excluding hydrogens is 346 g/mol. The summed E-state index contributed by atoms with van der Waals surface area (Å²) in [6.07, 6.45) is 0. The maximum absolute atomic E-state index is 12.3. The summed E-state index contributed by atoms with van der Waals surface area (Å²) in [5, 5.41) is 5.94. The molecule has 0 saturated carbocycles. The van der Waals surface area contributed by atoms with Gasteiger partial charge in [-0.05, 0) is 11.6 Å². The van der Waals surface area contributed by atoms with Crippen LogP contribution in [0, 0.1) is 0 Å². The summed E-state index contributed by atoms with van der Waals surface area (Å²) in [6.45, 7) is 0.563. The van der Waals surface area contributed by atoms with Crippen LogP contribution in [0.1, 0.15) is 20.7 Å². The van der Waals surface area contributed by atoms with Gasteiger partial charge in [0.05, 0.1) is 10.4 Å². The molecule has 0 bridgehead atoms. The van der Waals surface area contributed by atoms with Gasteiger partial charge in [0.2, 0.25) is 0 Å². The largest absolute Gasteiger partial charge is 0.351 e. The predicted molar refractivity (Wildman–Crippen MR) is 92.3 cm³/mol. The van der Waals surface area contributed by atoms with Gasteiger partial charge in [-0.25, -0.2) is 0 Å². The Morgan fingerprint density at radius 1 is 1.10 bits per heavy atom. The van der Waals surface area contributed by atoms with E-state index in [0.29, 0.717) is 6.54 Å². The van der Waals surface area contributed by atoms with Crippen LogP contribution in [0.2, 0.25) is 0 Å². The molecule has 21 heavy (non-hydrogen) atoms. The Hall–Kier alpha value is -1.65. The number of amides is 1. The van der Waals surface area contributed by atoms with Crippen LogP contribution in [0.4, 0.5) is 0 Å². The first kappa shape index (κ1) is 14.3. The Bertz CT molecular complexity index is 754. The van der Waals surface area contributed by atoms with Gasteiger partial charge in [0.1, 0.15) is 0 Å². The summed E-state index contributed by atoms with van der Waals surface area (Å²) in [5.74, 6) is -0.0205. The minimum absolute atomic E-state index is 0.0205.